The third kappa shape index (κ3) is 4.71. The van der Waals surface area contributed by atoms with Crippen molar-refractivity contribution in [1.82, 2.24) is 5.32 Å². The number of nitrogens with zero attached hydrogens (tertiary/aromatic N) is 1. The van der Waals surface area contributed by atoms with Crippen LogP contribution in [-0.4, -0.2) is 23.4 Å². The zero-order chi connectivity index (χ0) is 20.1. The van der Waals surface area contributed by atoms with Gasteiger partial charge in [-0.2, -0.15) is 0 Å². The maximum Gasteiger partial charge on any atom is 0.319 e. The molecule has 0 aliphatic heterocycles. The molecule has 29 heavy (non-hydrogen) atoms. The van der Waals surface area contributed by atoms with Gasteiger partial charge in [-0.3, -0.25) is 4.99 Å². The molecule has 3 aromatic rings. The Hall–Kier alpha value is -3.86. The molecule has 0 radical (unpaired) electrons. The number of phenolic OH excluding ortho intramolecular Hbond substituents is 1. The number of rotatable bonds is 4. The van der Waals surface area contributed by atoms with Crippen LogP contribution in [0.25, 0.3) is 12.2 Å². The van der Waals surface area contributed by atoms with E-state index in [9.17, 15) is 9.90 Å². The van der Waals surface area contributed by atoms with Crippen LogP contribution in [0, 0.1) is 0 Å². The number of aliphatic imine (C=N–C) groups is 1. The van der Waals surface area contributed by atoms with Gasteiger partial charge in [-0.15, -0.1) is 0 Å². The first-order valence-corrected chi connectivity index (χ1v) is 9.44. The van der Waals surface area contributed by atoms with Gasteiger partial charge in [0.25, 0.3) is 0 Å². The standard InChI is InChI=1S/C24H21N3O2/c28-23-8-4-3-7-19(23)16-25-20-11-13-21(14-12-20)26-24(29)27-22-10-9-17-5-1-2-6-18(17)15-22/h1-9,11-16,22,28H,10H2,(H2,26,27,29). The maximum atomic E-state index is 12.3. The SMILES string of the molecule is O=C(Nc1ccc(N=Cc2ccccc2O)cc1)NC1C=c2ccccc2=CC1. The lowest BCUT2D eigenvalue weighted by Crippen LogP contribution is -2.41. The highest BCUT2D eigenvalue weighted by Crippen LogP contribution is 2.18. The summed E-state index contributed by atoms with van der Waals surface area (Å²) in [6.07, 6.45) is 6.59. The molecule has 1 unspecified atom stereocenters. The first-order chi connectivity index (χ1) is 14.2. The molecule has 144 valence electrons. The highest BCUT2D eigenvalue weighted by atomic mass is 16.3. The molecule has 1 atom stereocenters. The van der Waals surface area contributed by atoms with Crippen LogP contribution in [0.3, 0.4) is 0 Å². The lowest BCUT2D eigenvalue weighted by atomic mass is 10.0. The Morgan fingerprint density at radius 3 is 2.48 bits per heavy atom. The minimum atomic E-state index is -0.246. The smallest absolute Gasteiger partial charge is 0.319 e. The maximum absolute atomic E-state index is 12.3. The van der Waals surface area contributed by atoms with Crippen LogP contribution in [0.15, 0.2) is 77.8 Å². The minimum Gasteiger partial charge on any atom is -0.507 e. The van der Waals surface area contributed by atoms with E-state index in [-0.39, 0.29) is 17.8 Å². The number of hydrogen-bond donors (Lipinski definition) is 3. The molecule has 0 saturated carbocycles. The summed E-state index contributed by atoms with van der Waals surface area (Å²) in [4.78, 5) is 16.7. The monoisotopic (exact) mass is 383 g/mol. The second-order valence-corrected chi connectivity index (χ2v) is 6.80. The number of hydrogen-bond acceptors (Lipinski definition) is 3. The number of benzene rings is 3. The molecule has 3 aromatic carbocycles. The molecule has 1 aliphatic rings. The topological polar surface area (TPSA) is 73.7 Å². The number of phenols is 1. The van der Waals surface area contributed by atoms with Crippen LogP contribution in [-0.2, 0) is 0 Å². The second-order valence-electron chi connectivity index (χ2n) is 6.80. The van der Waals surface area contributed by atoms with Crippen LogP contribution in [0.5, 0.6) is 5.75 Å². The summed E-state index contributed by atoms with van der Waals surface area (Å²) < 4.78 is 0. The van der Waals surface area contributed by atoms with Crippen LogP contribution >= 0.6 is 0 Å². The van der Waals surface area contributed by atoms with Crippen molar-refractivity contribution >= 4 is 35.8 Å². The van der Waals surface area contributed by atoms with Crippen molar-refractivity contribution in [2.24, 2.45) is 4.99 Å². The van der Waals surface area contributed by atoms with Crippen molar-refractivity contribution in [3.8, 4) is 5.75 Å². The van der Waals surface area contributed by atoms with Gasteiger partial charge in [-0.25, -0.2) is 4.79 Å². The number of carbonyl (C=O) groups is 1. The molecule has 0 aromatic heterocycles. The lowest BCUT2D eigenvalue weighted by molar-refractivity contribution is 0.251. The van der Waals surface area contributed by atoms with E-state index in [1.54, 1.807) is 36.5 Å². The van der Waals surface area contributed by atoms with Crippen molar-refractivity contribution in [3.63, 3.8) is 0 Å². The second kappa shape index (κ2) is 8.44. The fourth-order valence-electron chi connectivity index (χ4n) is 3.20. The van der Waals surface area contributed by atoms with Crippen molar-refractivity contribution in [1.29, 1.82) is 0 Å². The Kier molecular flexibility index (Phi) is 5.38. The molecule has 2 amide bonds. The average Bonchev–Trinajstić information content (AvgIpc) is 2.74. The third-order valence-corrected chi connectivity index (χ3v) is 4.70. The van der Waals surface area contributed by atoms with E-state index in [1.165, 1.54) is 5.22 Å². The number of nitrogens with one attached hydrogen (secondary N) is 2. The van der Waals surface area contributed by atoms with Gasteiger partial charge in [-0.05, 0) is 53.3 Å². The van der Waals surface area contributed by atoms with Gasteiger partial charge in [0.1, 0.15) is 5.75 Å². The Balaban J connectivity index is 1.36. The normalized spacial score (nSPS) is 15.1. The lowest BCUT2D eigenvalue weighted by Gasteiger charge is -2.16. The number of carbonyl (C=O) groups excluding carboxylic acids is 1. The summed E-state index contributed by atoms with van der Waals surface area (Å²) in [5.41, 5.74) is 2.06. The number of amides is 2. The Labute approximate surface area is 168 Å². The summed E-state index contributed by atoms with van der Waals surface area (Å²) >= 11 is 0. The molecule has 0 fully saturated rings. The Bertz CT molecular complexity index is 1170. The molecule has 4 rings (SSSR count). The van der Waals surface area contributed by atoms with Crippen molar-refractivity contribution in [3.05, 3.63) is 88.8 Å². The zero-order valence-electron chi connectivity index (χ0n) is 15.7. The predicted molar refractivity (Wildman–Crippen MR) is 117 cm³/mol. The quantitative estimate of drug-likeness (QED) is 0.605. The molecular formula is C24H21N3O2. The van der Waals surface area contributed by atoms with E-state index in [0.29, 0.717) is 11.3 Å². The number of aromatic hydroxyl groups is 1. The predicted octanol–water partition coefficient (Wildman–Crippen LogP) is 3.30. The molecule has 0 heterocycles. The number of fused-ring (bicyclic) bond motifs is 1. The molecule has 5 nitrogen and oxygen atoms in total. The van der Waals surface area contributed by atoms with Gasteiger partial charge in [0.2, 0.25) is 0 Å². The molecule has 0 saturated heterocycles. The van der Waals surface area contributed by atoms with E-state index < -0.39 is 0 Å². The molecule has 5 heteroatoms. The van der Waals surface area contributed by atoms with Crippen LogP contribution < -0.4 is 21.1 Å². The Morgan fingerprint density at radius 2 is 1.69 bits per heavy atom. The summed E-state index contributed by atoms with van der Waals surface area (Å²) in [7, 11) is 0. The van der Waals surface area contributed by atoms with Crippen LogP contribution in [0.2, 0.25) is 0 Å². The average molecular weight is 383 g/mol. The van der Waals surface area contributed by atoms with Gasteiger partial charge in [0, 0.05) is 17.5 Å². The molecular weight excluding hydrogens is 362 g/mol. The zero-order valence-corrected chi connectivity index (χ0v) is 15.7. The third-order valence-electron chi connectivity index (χ3n) is 4.70. The molecule has 3 N–H and O–H groups in total. The summed E-state index contributed by atoms with van der Waals surface area (Å²) in [6, 6.07) is 22.1. The van der Waals surface area contributed by atoms with E-state index >= 15 is 0 Å². The largest absolute Gasteiger partial charge is 0.507 e. The highest BCUT2D eigenvalue weighted by molar-refractivity contribution is 5.90. The van der Waals surface area contributed by atoms with Crippen LogP contribution in [0.1, 0.15) is 12.0 Å². The van der Waals surface area contributed by atoms with E-state index in [4.69, 9.17) is 0 Å². The summed E-state index contributed by atoms with van der Waals surface area (Å²) in [5, 5.41) is 17.9. The fraction of sp³-hybridized carbons (Fsp3) is 0.0833. The van der Waals surface area contributed by atoms with Crippen molar-refractivity contribution < 1.29 is 9.90 Å². The minimum absolute atomic E-state index is 0.0349. The first-order valence-electron chi connectivity index (χ1n) is 9.44. The van der Waals surface area contributed by atoms with E-state index in [0.717, 1.165) is 17.3 Å². The number of urea groups is 1. The summed E-state index contributed by atoms with van der Waals surface area (Å²) in [5.74, 6) is 0.186. The first kappa shape index (κ1) is 18.5. The fourth-order valence-corrected chi connectivity index (χ4v) is 3.20. The molecule has 0 bridgehead atoms. The van der Waals surface area contributed by atoms with Crippen LogP contribution in [0.4, 0.5) is 16.2 Å². The van der Waals surface area contributed by atoms with Gasteiger partial charge < -0.3 is 15.7 Å². The van der Waals surface area contributed by atoms with Gasteiger partial charge in [-0.1, -0.05) is 48.6 Å². The number of para-hydroxylation sites is 1. The summed E-state index contributed by atoms with van der Waals surface area (Å²) in [6.45, 7) is 0. The van der Waals surface area contributed by atoms with Gasteiger partial charge in [0.05, 0.1) is 11.7 Å². The number of anilines is 1. The Morgan fingerprint density at radius 1 is 0.966 bits per heavy atom. The van der Waals surface area contributed by atoms with E-state index in [1.807, 2.05) is 36.4 Å². The molecule has 1 aliphatic carbocycles. The van der Waals surface area contributed by atoms with E-state index in [2.05, 4.69) is 33.8 Å². The van der Waals surface area contributed by atoms with Crippen molar-refractivity contribution in [2.45, 2.75) is 12.5 Å². The van der Waals surface area contributed by atoms with Crippen molar-refractivity contribution in [2.75, 3.05) is 5.32 Å². The van der Waals surface area contributed by atoms with Gasteiger partial charge >= 0.3 is 6.03 Å². The molecule has 0 spiro atoms. The van der Waals surface area contributed by atoms with Gasteiger partial charge in [0.15, 0.2) is 0 Å². The highest BCUT2D eigenvalue weighted by Gasteiger charge is 2.11.